The minimum absolute atomic E-state index is 0.514. The summed E-state index contributed by atoms with van der Waals surface area (Å²) in [5.74, 6) is 1.31. The Morgan fingerprint density at radius 2 is 2.30 bits per heavy atom. The van der Waals surface area contributed by atoms with E-state index in [1.165, 1.54) is 0 Å². The monoisotopic (exact) mass is 141 g/mol. The molecule has 1 aliphatic rings. The van der Waals surface area contributed by atoms with Crippen LogP contribution in [0.5, 0.6) is 0 Å². The van der Waals surface area contributed by atoms with Crippen LogP contribution in [0.25, 0.3) is 0 Å². The molecular weight excluding hydrogens is 126 g/mol. The van der Waals surface area contributed by atoms with Crippen molar-refractivity contribution in [2.24, 2.45) is 16.6 Å². The standard InChI is InChI=1S/C7H15N3/c1-5(2)6-4-9-7(8)10(6)3/h5-6H,4H2,1-3H3,(H2,8,9). The zero-order chi connectivity index (χ0) is 7.72. The Morgan fingerprint density at radius 3 is 2.50 bits per heavy atom. The Morgan fingerprint density at radius 1 is 1.70 bits per heavy atom. The number of aliphatic imine (C=N–C) groups is 1. The van der Waals surface area contributed by atoms with E-state index in [0.717, 1.165) is 6.54 Å². The second kappa shape index (κ2) is 2.48. The van der Waals surface area contributed by atoms with Crippen LogP contribution in [0.3, 0.4) is 0 Å². The molecule has 0 aromatic carbocycles. The van der Waals surface area contributed by atoms with Gasteiger partial charge in [0.2, 0.25) is 0 Å². The highest BCUT2D eigenvalue weighted by atomic mass is 15.3. The first-order valence-corrected chi connectivity index (χ1v) is 3.65. The summed E-state index contributed by atoms with van der Waals surface area (Å²) in [6.07, 6.45) is 0. The first kappa shape index (κ1) is 7.38. The van der Waals surface area contributed by atoms with Crippen molar-refractivity contribution in [3.63, 3.8) is 0 Å². The smallest absolute Gasteiger partial charge is 0.191 e. The molecule has 1 unspecified atom stereocenters. The lowest BCUT2D eigenvalue weighted by molar-refractivity contribution is 0.316. The topological polar surface area (TPSA) is 41.6 Å². The van der Waals surface area contributed by atoms with Gasteiger partial charge in [0, 0.05) is 7.05 Å². The van der Waals surface area contributed by atoms with Gasteiger partial charge in [-0.15, -0.1) is 0 Å². The van der Waals surface area contributed by atoms with E-state index in [9.17, 15) is 0 Å². The van der Waals surface area contributed by atoms with Crippen LogP contribution in [-0.4, -0.2) is 30.5 Å². The van der Waals surface area contributed by atoms with Gasteiger partial charge in [0.05, 0.1) is 12.6 Å². The van der Waals surface area contributed by atoms with Crippen LogP contribution in [0.1, 0.15) is 13.8 Å². The Labute approximate surface area is 61.9 Å². The van der Waals surface area contributed by atoms with Gasteiger partial charge in [-0.05, 0) is 5.92 Å². The summed E-state index contributed by atoms with van der Waals surface area (Å²) < 4.78 is 0. The minimum atomic E-state index is 0.514. The van der Waals surface area contributed by atoms with Crippen LogP contribution in [0.15, 0.2) is 4.99 Å². The van der Waals surface area contributed by atoms with Gasteiger partial charge < -0.3 is 10.6 Å². The van der Waals surface area contributed by atoms with Crippen molar-refractivity contribution in [2.45, 2.75) is 19.9 Å². The van der Waals surface area contributed by atoms with E-state index in [1.807, 2.05) is 11.9 Å². The fraction of sp³-hybridized carbons (Fsp3) is 0.857. The molecule has 0 aromatic rings. The van der Waals surface area contributed by atoms with E-state index in [-0.39, 0.29) is 0 Å². The molecular formula is C7H15N3. The Kier molecular flexibility index (Phi) is 1.83. The quantitative estimate of drug-likeness (QED) is 0.569. The van der Waals surface area contributed by atoms with Crippen molar-refractivity contribution in [3.05, 3.63) is 0 Å². The molecule has 0 saturated heterocycles. The lowest BCUT2D eigenvalue weighted by atomic mass is 10.0. The second-order valence-electron chi connectivity index (χ2n) is 3.12. The Bertz CT molecular complexity index is 151. The van der Waals surface area contributed by atoms with Crippen LogP contribution in [0, 0.1) is 5.92 Å². The molecule has 3 heteroatoms. The molecule has 0 saturated carbocycles. The molecule has 1 rings (SSSR count). The number of guanidine groups is 1. The lowest BCUT2D eigenvalue weighted by Crippen LogP contribution is -2.40. The number of hydrogen-bond donors (Lipinski definition) is 1. The molecule has 1 heterocycles. The van der Waals surface area contributed by atoms with E-state index in [0.29, 0.717) is 17.9 Å². The third-order valence-corrected chi connectivity index (χ3v) is 2.07. The highest BCUT2D eigenvalue weighted by molar-refractivity contribution is 5.79. The fourth-order valence-corrected chi connectivity index (χ4v) is 1.25. The van der Waals surface area contributed by atoms with E-state index in [4.69, 9.17) is 5.73 Å². The second-order valence-corrected chi connectivity index (χ2v) is 3.12. The third kappa shape index (κ3) is 1.08. The van der Waals surface area contributed by atoms with Crippen LogP contribution >= 0.6 is 0 Å². The number of nitrogens with two attached hydrogens (primary N) is 1. The van der Waals surface area contributed by atoms with E-state index in [1.54, 1.807) is 0 Å². The number of nitrogens with zero attached hydrogens (tertiary/aromatic N) is 2. The third-order valence-electron chi connectivity index (χ3n) is 2.07. The number of hydrogen-bond acceptors (Lipinski definition) is 3. The zero-order valence-electron chi connectivity index (χ0n) is 6.83. The molecule has 0 radical (unpaired) electrons. The van der Waals surface area contributed by atoms with Gasteiger partial charge in [-0.2, -0.15) is 0 Å². The molecule has 2 N–H and O–H groups in total. The van der Waals surface area contributed by atoms with Gasteiger partial charge in [-0.3, -0.25) is 4.99 Å². The van der Waals surface area contributed by atoms with Crippen molar-refractivity contribution in [3.8, 4) is 0 Å². The maximum atomic E-state index is 5.58. The molecule has 1 atom stereocenters. The summed E-state index contributed by atoms with van der Waals surface area (Å²) in [4.78, 5) is 6.19. The van der Waals surface area contributed by atoms with Crippen LogP contribution in [0.2, 0.25) is 0 Å². The maximum absolute atomic E-state index is 5.58. The molecule has 0 aromatic heterocycles. The largest absolute Gasteiger partial charge is 0.370 e. The number of likely N-dealkylation sites (N-methyl/N-ethyl adjacent to an activating group) is 1. The highest BCUT2D eigenvalue weighted by Crippen LogP contribution is 2.13. The maximum Gasteiger partial charge on any atom is 0.191 e. The van der Waals surface area contributed by atoms with E-state index in [2.05, 4.69) is 18.8 Å². The summed E-state index contributed by atoms with van der Waals surface area (Å²) in [5.41, 5.74) is 5.58. The molecule has 0 bridgehead atoms. The summed E-state index contributed by atoms with van der Waals surface area (Å²) in [5, 5.41) is 0. The van der Waals surface area contributed by atoms with Gasteiger partial charge in [0.1, 0.15) is 0 Å². The summed E-state index contributed by atoms with van der Waals surface area (Å²) in [7, 11) is 2.00. The van der Waals surface area contributed by atoms with Crippen LogP contribution < -0.4 is 5.73 Å². The highest BCUT2D eigenvalue weighted by Gasteiger charge is 2.24. The van der Waals surface area contributed by atoms with Crippen molar-refractivity contribution in [1.82, 2.24) is 4.90 Å². The van der Waals surface area contributed by atoms with Crippen molar-refractivity contribution in [2.75, 3.05) is 13.6 Å². The molecule has 0 fully saturated rings. The molecule has 1 aliphatic heterocycles. The molecule has 0 aliphatic carbocycles. The summed E-state index contributed by atoms with van der Waals surface area (Å²) >= 11 is 0. The lowest BCUT2D eigenvalue weighted by Gasteiger charge is -2.24. The minimum Gasteiger partial charge on any atom is -0.370 e. The van der Waals surface area contributed by atoms with Gasteiger partial charge in [-0.1, -0.05) is 13.8 Å². The van der Waals surface area contributed by atoms with Gasteiger partial charge in [0.15, 0.2) is 5.96 Å². The zero-order valence-corrected chi connectivity index (χ0v) is 6.83. The van der Waals surface area contributed by atoms with Crippen LogP contribution in [-0.2, 0) is 0 Å². The van der Waals surface area contributed by atoms with Crippen molar-refractivity contribution in [1.29, 1.82) is 0 Å². The van der Waals surface area contributed by atoms with Gasteiger partial charge in [-0.25, -0.2) is 0 Å². The van der Waals surface area contributed by atoms with E-state index >= 15 is 0 Å². The van der Waals surface area contributed by atoms with E-state index < -0.39 is 0 Å². The number of rotatable bonds is 1. The van der Waals surface area contributed by atoms with Crippen molar-refractivity contribution < 1.29 is 0 Å². The SMILES string of the molecule is CC(C)C1CN=C(N)N1C. The molecule has 58 valence electrons. The first-order valence-electron chi connectivity index (χ1n) is 3.65. The van der Waals surface area contributed by atoms with Crippen LogP contribution in [0.4, 0.5) is 0 Å². The van der Waals surface area contributed by atoms with Gasteiger partial charge in [0.25, 0.3) is 0 Å². The molecule has 10 heavy (non-hydrogen) atoms. The van der Waals surface area contributed by atoms with Crippen molar-refractivity contribution >= 4 is 5.96 Å². The summed E-state index contributed by atoms with van der Waals surface area (Å²) in [6, 6.07) is 0.514. The first-order chi connectivity index (χ1) is 4.63. The predicted molar refractivity (Wildman–Crippen MR) is 42.9 cm³/mol. The Balaban J connectivity index is 2.56. The average Bonchev–Trinajstić information content (AvgIpc) is 2.14. The average molecular weight is 141 g/mol. The molecule has 0 amide bonds. The normalized spacial score (nSPS) is 25.8. The summed E-state index contributed by atoms with van der Waals surface area (Å²) in [6.45, 7) is 5.24. The predicted octanol–water partition coefficient (Wildman–Crippen LogP) is 0.271. The Hall–Kier alpha value is -0.730. The van der Waals surface area contributed by atoms with Gasteiger partial charge >= 0.3 is 0 Å². The molecule has 0 spiro atoms. The fourth-order valence-electron chi connectivity index (χ4n) is 1.25. The molecule has 3 nitrogen and oxygen atoms in total.